The van der Waals surface area contributed by atoms with Crippen LogP contribution in [0, 0.1) is 0 Å². The van der Waals surface area contributed by atoms with Gasteiger partial charge in [-0.05, 0) is 24.0 Å². The Kier molecular flexibility index (Phi) is 4.91. The molecule has 5 nitrogen and oxygen atoms in total. The van der Waals surface area contributed by atoms with Crippen LogP contribution in [-0.4, -0.2) is 52.2 Å². The molecule has 2 heterocycles. The van der Waals surface area contributed by atoms with Gasteiger partial charge in [-0.2, -0.15) is 4.37 Å². The van der Waals surface area contributed by atoms with Gasteiger partial charge in [0.15, 0.2) is 0 Å². The quantitative estimate of drug-likeness (QED) is 0.865. The fourth-order valence-electron chi connectivity index (χ4n) is 2.83. The predicted octanol–water partition coefficient (Wildman–Crippen LogP) is 2.77. The normalized spacial score (nSPS) is 15.2. The van der Waals surface area contributed by atoms with Crippen LogP contribution in [0.2, 0.25) is 0 Å². The molecule has 0 aliphatic carbocycles. The van der Waals surface area contributed by atoms with Gasteiger partial charge in [0.1, 0.15) is 5.69 Å². The number of hydrogen-bond acceptors (Lipinski definition) is 4. The van der Waals surface area contributed by atoms with Crippen LogP contribution in [0.15, 0.2) is 24.3 Å². The highest BCUT2D eigenvalue weighted by Crippen LogP contribution is 2.23. The minimum Gasteiger partial charge on any atom is -0.339 e. The Hall–Kier alpha value is -1.95. The summed E-state index contributed by atoms with van der Waals surface area (Å²) in [5.74, 6) is 0.182. The fraction of sp³-hybridized carbons (Fsp3) is 0.471. The van der Waals surface area contributed by atoms with Crippen LogP contribution in [0.25, 0.3) is 10.1 Å². The van der Waals surface area contributed by atoms with Crippen LogP contribution < -0.4 is 0 Å². The zero-order valence-electron chi connectivity index (χ0n) is 13.3. The average Bonchev–Trinajstić information content (AvgIpc) is 3.03. The van der Waals surface area contributed by atoms with Crippen LogP contribution in [0.5, 0.6) is 0 Å². The minimum atomic E-state index is -0.0249. The van der Waals surface area contributed by atoms with E-state index in [1.54, 1.807) is 0 Å². The lowest BCUT2D eigenvalue weighted by Gasteiger charge is -2.34. The van der Waals surface area contributed by atoms with Gasteiger partial charge in [-0.3, -0.25) is 9.59 Å². The number of aromatic nitrogens is 1. The van der Waals surface area contributed by atoms with Crippen molar-refractivity contribution in [2.45, 2.75) is 26.2 Å². The summed E-state index contributed by atoms with van der Waals surface area (Å²) in [5, 5.41) is 0.920. The smallest absolute Gasteiger partial charge is 0.274 e. The topological polar surface area (TPSA) is 53.5 Å². The van der Waals surface area contributed by atoms with Crippen molar-refractivity contribution in [3.8, 4) is 0 Å². The summed E-state index contributed by atoms with van der Waals surface area (Å²) in [6.07, 6.45) is 2.57. The molecule has 1 aliphatic rings. The first kappa shape index (κ1) is 15.9. The summed E-state index contributed by atoms with van der Waals surface area (Å²) in [4.78, 5) is 28.4. The Morgan fingerprint density at radius 2 is 1.83 bits per heavy atom. The van der Waals surface area contributed by atoms with Crippen molar-refractivity contribution < 1.29 is 9.59 Å². The molecule has 122 valence electrons. The summed E-state index contributed by atoms with van der Waals surface area (Å²) in [6, 6.07) is 7.80. The molecule has 0 bridgehead atoms. The van der Waals surface area contributed by atoms with Gasteiger partial charge in [-0.1, -0.05) is 31.5 Å². The maximum absolute atomic E-state index is 12.7. The van der Waals surface area contributed by atoms with E-state index in [2.05, 4.69) is 11.3 Å². The summed E-state index contributed by atoms with van der Waals surface area (Å²) in [6.45, 7) is 4.50. The molecule has 2 aromatic rings. The number of nitrogens with zero attached hydrogens (tertiary/aromatic N) is 3. The molecule has 23 heavy (non-hydrogen) atoms. The second kappa shape index (κ2) is 7.08. The fourth-order valence-corrected chi connectivity index (χ4v) is 3.60. The monoisotopic (exact) mass is 331 g/mol. The van der Waals surface area contributed by atoms with Gasteiger partial charge in [-0.25, -0.2) is 0 Å². The Balaban J connectivity index is 1.63. The van der Waals surface area contributed by atoms with E-state index < -0.39 is 0 Å². The average molecular weight is 331 g/mol. The maximum Gasteiger partial charge on any atom is 0.274 e. The van der Waals surface area contributed by atoms with Crippen LogP contribution in [0.4, 0.5) is 0 Å². The summed E-state index contributed by atoms with van der Waals surface area (Å²) >= 11 is 1.36. The number of fused-ring (bicyclic) bond motifs is 1. The van der Waals surface area contributed by atoms with Gasteiger partial charge in [0.2, 0.25) is 5.91 Å². The van der Waals surface area contributed by atoms with Gasteiger partial charge < -0.3 is 9.80 Å². The molecule has 0 radical (unpaired) electrons. The van der Waals surface area contributed by atoms with E-state index in [1.165, 1.54) is 11.5 Å². The van der Waals surface area contributed by atoms with Crippen LogP contribution in [-0.2, 0) is 4.79 Å². The Morgan fingerprint density at radius 3 is 2.57 bits per heavy atom. The van der Waals surface area contributed by atoms with Gasteiger partial charge >= 0.3 is 0 Å². The molecule has 0 N–H and O–H groups in total. The molecule has 2 amide bonds. The Labute approximate surface area is 140 Å². The van der Waals surface area contributed by atoms with Crippen LogP contribution in [0.1, 0.15) is 36.7 Å². The minimum absolute atomic E-state index is 0.0249. The number of hydrogen-bond donors (Lipinski definition) is 0. The van der Waals surface area contributed by atoms with E-state index in [4.69, 9.17) is 0 Å². The lowest BCUT2D eigenvalue weighted by atomic mass is 10.2. The number of amides is 2. The molecule has 1 saturated heterocycles. The molecule has 0 unspecified atom stereocenters. The molecule has 1 aromatic carbocycles. The molecule has 6 heteroatoms. The summed E-state index contributed by atoms with van der Waals surface area (Å²) in [7, 11) is 0. The third kappa shape index (κ3) is 3.37. The molecule has 1 fully saturated rings. The molecular formula is C17H21N3O2S. The van der Waals surface area contributed by atoms with Crippen molar-refractivity contribution in [2.24, 2.45) is 0 Å². The highest BCUT2D eigenvalue weighted by molar-refractivity contribution is 7.13. The van der Waals surface area contributed by atoms with Crippen molar-refractivity contribution in [1.82, 2.24) is 14.2 Å². The van der Waals surface area contributed by atoms with Gasteiger partial charge in [-0.15, -0.1) is 0 Å². The molecular weight excluding hydrogens is 310 g/mol. The zero-order valence-corrected chi connectivity index (χ0v) is 14.1. The van der Waals surface area contributed by atoms with Crippen molar-refractivity contribution in [1.29, 1.82) is 0 Å². The summed E-state index contributed by atoms with van der Waals surface area (Å²) < 4.78 is 5.37. The molecule has 1 aromatic heterocycles. The third-order valence-electron chi connectivity index (χ3n) is 4.24. The highest BCUT2D eigenvalue weighted by Gasteiger charge is 2.26. The van der Waals surface area contributed by atoms with Crippen LogP contribution in [0.3, 0.4) is 0 Å². The number of benzene rings is 1. The first-order chi connectivity index (χ1) is 11.2. The zero-order chi connectivity index (χ0) is 16.2. The van der Waals surface area contributed by atoms with E-state index in [1.807, 2.05) is 34.1 Å². The number of piperazine rings is 1. The van der Waals surface area contributed by atoms with Gasteiger partial charge in [0.25, 0.3) is 5.91 Å². The van der Waals surface area contributed by atoms with E-state index in [0.29, 0.717) is 38.3 Å². The summed E-state index contributed by atoms with van der Waals surface area (Å²) in [5.41, 5.74) is 0.538. The van der Waals surface area contributed by atoms with Crippen molar-refractivity contribution in [3.05, 3.63) is 30.0 Å². The lowest BCUT2D eigenvalue weighted by Crippen LogP contribution is -2.50. The van der Waals surface area contributed by atoms with Gasteiger partial charge in [0, 0.05) is 38.0 Å². The SMILES string of the molecule is CCCCC(=O)N1CCN(C(=O)c2nsc3ccccc23)CC1. The Bertz CT molecular complexity index is 705. The third-order valence-corrected chi connectivity index (χ3v) is 5.07. The molecule has 0 saturated carbocycles. The largest absolute Gasteiger partial charge is 0.339 e. The standard InChI is InChI=1S/C17H21N3O2S/c1-2-3-8-15(21)19-9-11-20(12-10-19)17(22)16-13-6-4-5-7-14(13)23-18-16/h4-7H,2-3,8-12H2,1H3. The predicted molar refractivity (Wildman–Crippen MR) is 91.6 cm³/mol. The molecule has 3 rings (SSSR count). The van der Waals surface area contributed by atoms with E-state index in [0.717, 1.165) is 22.9 Å². The lowest BCUT2D eigenvalue weighted by molar-refractivity contribution is -0.132. The van der Waals surface area contributed by atoms with Crippen molar-refractivity contribution >= 4 is 33.4 Å². The van der Waals surface area contributed by atoms with Crippen molar-refractivity contribution in [3.63, 3.8) is 0 Å². The first-order valence-corrected chi connectivity index (χ1v) is 8.89. The van der Waals surface area contributed by atoms with E-state index >= 15 is 0 Å². The highest BCUT2D eigenvalue weighted by atomic mass is 32.1. The second-order valence-electron chi connectivity index (χ2n) is 5.80. The molecule has 0 spiro atoms. The molecule has 0 atom stereocenters. The van der Waals surface area contributed by atoms with Crippen molar-refractivity contribution in [2.75, 3.05) is 26.2 Å². The van der Waals surface area contributed by atoms with Gasteiger partial charge in [0.05, 0.1) is 4.70 Å². The molecule has 1 aliphatic heterocycles. The maximum atomic E-state index is 12.7. The first-order valence-electron chi connectivity index (χ1n) is 8.12. The number of carbonyl (C=O) groups is 2. The Morgan fingerprint density at radius 1 is 1.13 bits per heavy atom. The number of rotatable bonds is 4. The van der Waals surface area contributed by atoms with Crippen LogP contribution >= 0.6 is 11.5 Å². The van der Waals surface area contributed by atoms with E-state index in [9.17, 15) is 9.59 Å². The number of unbranched alkanes of at least 4 members (excludes halogenated alkanes) is 1. The second-order valence-corrected chi connectivity index (χ2v) is 6.61. The number of carbonyl (C=O) groups excluding carboxylic acids is 2. The van der Waals surface area contributed by atoms with E-state index in [-0.39, 0.29) is 11.8 Å².